The second kappa shape index (κ2) is 8.34. The van der Waals surface area contributed by atoms with Gasteiger partial charge in [0.25, 0.3) is 0 Å². The van der Waals surface area contributed by atoms with E-state index < -0.39 is 10.0 Å². The molecule has 172 valence electrons. The van der Waals surface area contributed by atoms with E-state index in [1.54, 1.807) is 22.3 Å². The minimum Gasteiger partial charge on any atom is -0.324 e. The first-order valence-electron chi connectivity index (χ1n) is 10.7. The number of benzene rings is 1. The third-order valence-corrected chi connectivity index (χ3v) is 8.78. The van der Waals surface area contributed by atoms with Gasteiger partial charge in [0.2, 0.25) is 10.0 Å². The van der Waals surface area contributed by atoms with Crippen LogP contribution >= 0.6 is 11.5 Å². The number of carbonyl (C=O) groups is 1. The van der Waals surface area contributed by atoms with E-state index in [1.807, 2.05) is 24.3 Å². The third kappa shape index (κ3) is 3.93. The molecule has 2 amide bonds. The normalized spacial score (nSPS) is 17.2. The van der Waals surface area contributed by atoms with Crippen molar-refractivity contribution in [2.75, 3.05) is 35.0 Å². The number of nitrogens with zero attached hydrogens (tertiary/aromatic N) is 6. The van der Waals surface area contributed by atoms with Crippen LogP contribution in [0.3, 0.4) is 0 Å². The fourth-order valence-corrected chi connectivity index (χ4v) is 6.23. The smallest absolute Gasteiger partial charge is 0.323 e. The molecule has 0 bridgehead atoms. The van der Waals surface area contributed by atoms with Crippen LogP contribution in [0.2, 0.25) is 0 Å². The van der Waals surface area contributed by atoms with Gasteiger partial charge in [0, 0.05) is 25.0 Å². The van der Waals surface area contributed by atoms with Crippen molar-refractivity contribution in [2.24, 2.45) is 0 Å². The quantitative estimate of drug-likeness (QED) is 0.603. The lowest BCUT2D eigenvalue weighted by molar-refractivity contribution is 0.173. The summed E-state index contributed by atoms with van der Waals surface area (Å²) in [6.07, 6.45) is 5.89. The highest BCUT2D eigenvalue weighted by Crippen LogP contribution is 2.48. The van der Waals surface area contributed by atoms with E-state index in [2.05, 4.69) is 24.6 Å². The van der Waals surface area contributed by atoms with Gasteiger partial charge in [-0.25, -0.2) is 28.2 Å². The molecular formula is C21H23N7O3S2. The number of hydrogen-bond acceptors (Lipinski definition) is 8. The van der Waals surface area contributed by atoms with Crippen LogP contribution in [0.5, 0.6) is 0 Å². The fraction of sp³-hybridized carbons (Fsp3) is 0.381. The molecule has 10 nitrogen and oxygen atoms in total. The zero-order valence-corrected chi connectivity index (χ0v) is 19.6. The van der Waals surface area contributed by atoms with E-state index in [1.165, 1.54) is 24.1 Å². The lowest BCUT2D eigenvalue weighted by atomic mass is 9.74. The summed E-state index contributed by atoms with van der Waals surface area (Å²) < 4.78 is 30.9. The van der Waals surface area contributed by atoms with Crippen LogP contribution in [0.15, 0.2) is 43.0 Å². The third-order valence-electron chi connectivity index (χ3n) is 6.37. The molecule has 0 aliphatic carbocycles. The van der Waals surface area contributed by atoms with E-state index in [-0.39, 0.29) is 17.2 Å². The molecule has 1 fully saturated rings. The second-order valence-electron chi connectivity index (χ2n) is 8.16. The van der Waals surface area contributed by atoms with Crippen LogP contribution in [-0.2, 0) is 15.4 Å². The Morgan fingerprint density at radius 2 is 1.94 bits per heavy atom. The molecule has 0 unspecified atom stereocenters. The minimum atomic E-state index is -3.36. The lowest BCUT2D eigenvalue weighted by Gasteiger charge is -2.39. The van der Waals surface area contributed by atoms with Gasteiger partial charge in [0.15, 0.2) is 10.8 Å². The van der Waals surface area contributed by atoms with Gasteiger partial charge in [-0.15, -0.1) is 0 Å². The van der Waals surface area contributed by atoms with Gasteiger partial charge in [0.1, 0.15) is 12.0 Å². The maximum atomic E-state index is 12.8. The number of likely N-dealkylation sites (tertiary alicyclic amines) is 1. The Labute approximate surface area is 195 Å². The number of carbonyl (C=O) groups excluding carboxylic acids is 1. The highest BCUT2D eigenvalue weighted by atomic mass is 32.2. The molecule has 0 saturated carbocycles. The van der Waals surface area contributed by atoms with E-state index in [0.717, 1.165) is 11.3 Å². The first-order valence-corrected chi connectivity index (χ1v) is 13.0. The number of fused-ring (bicyclic) bond motifs is 2. The summed E-state index contributed by atoms with van der Waals surface area (Å²) in [6, 6.07) is 7.47. The van der Waals surface area contributed by atoms with E-state index in [4.69, 9.17) is 0 Å². The minimum absolute atomic E-state index is 0.0603. The Balaban J connectivity index is 1.27. The van der Waals surface area contributed by atoms with Crippen molar-refractivity contribution in [1.82, 2.24) is 24.2 Å². The molecule has 5 rings (SSSR count). The van der Waals surface area contributed by atoms with E-state index in [0.29, 0.717) is 49.0 Å². The number of urea groups is 1. The number of para-hydroxylation sites is 1. The largest absolute Gasteiger partial charge is 0.324 e. The van der Waals surface area contributed by atoms with Gasteiger partial charge in [-0.05, 0) is 42.9 Å². The summed E-state index contributed by atoms with van der Waals surface area (Å²) in [4.78, 5) is 27.2. The number of sulfonamides is 1. The van der Waals surface area contributed by atoms with Crippen LogP contribution in [-0.4, -0.2) is 64.1 Å². The number of aromatic nitrogens is 4. The number of rotatable bonds is 4. The van der Waals surface area contributed by atoms with Gasteiger partial charge < -0.3 is 4.90 Å². The van der Waals surface area contributed by atoms with Gasteiger partial charge in [-0.3, -0.25) is 9.62 Å². The predicted octanol–water partition coefficient (Wildman–Crippen LogP) is 2.73. The van der Waals surface area contributed by atoms with Crippen molar-refractivity contribution < 1.29 is 13.2 Å². The summed E-state index contributed by atoms with van der Waals surface area (Å²) in [7, 11) is -3.36. The van der Waals surface area contributed by atoms with Crippen molar-refractivity contribution in [3.8, 4) is 10.7 Å². The SMILES string of the molecule is CCS(=O)(=O)N1CC2(CCN(C(=O)Nc3cnc(-c4ncns4)cn3)CC2)c2ccccc21. The Morgan fingerprint density at radius 3 is 2.61 bits per heavy atom. The number of hydrogen-bond donors (Lipinski definition) is 1. The maximum Gasteiger partial charge on any atom is 0.323 e. The second-order valence-corrected chi connectivity index (χ2v) is 11.1. The van der Waals surface area contributed by atoms with Crippen molar-refractivity contribution >= 4 is 39.1 Å². The molecule has 1 N–H and O–H groups in total. The Bertz CT molecular complexity index is 1260. The Morgan fingerprint density at radius 1 is 1.15 bits per heavy atom. The molecule has 2 aliphatic heterocycles. The van der Waals surface area contributed by atoms with Crippen LogP contribution in [0, 0.1) is 0 Å². The molecule has 2 aliphatic rings. The van der Waals surface area contributed by atoms with Gasteiger partial charge in [0.05, 0.1) is 23.8 Å². The highest BCUT2D eigenvalue weighted by molar-refractivity contribution is 7.92. The molecule has 1 saturated heterocycles. The zero-order valence-electron chi connectivity index (χ0n) is 18.0. The average molecular weight is 486 g/mol. The molecule has 3 aromatic rings. The summed E-state index contributed by atoms with van der Waals surface area (Å²) in [5.41, 5.74) is 2.14. The molecule has 0 atom stereocenters. The molecule has 2 aromatic heterocycles. The summed E-state index contributed by atoms with van der Waals surface area (Å²) in [5.74, 6) is 0.421. The zero-order chi connectivity index (χ0) is 23.1. The van der Waals surface area contributed by atoms with Gasteiger partial charge >= 0.3 is 6.03 Å². The van der Waals surface area contributed by atoms with Crippen LogP contribution < -0.4 is 9.62 Å². The number of nitrogens with one attached hydrogen (secondary N) is 1. The summed E-state index contributed by atoms with van der Waals surface area (Å²) >= 11 is 1.23. The molecule has 4 heterocycles. The first-order chi connectivity index (χ1) is 15.9. The molecular weight excluding hydrogens is 462 g/mol. The highest BCUT2D eigenvalue weighted by Gasteiger charge is 2.47. The predicted molar refractivity (Wildman–Crippen MR) is 126 cm³/mol. The molecule has 1 spiro atoms. The Kier molecular flexibility index (Phi) is 5.49. The number of amides is 2. The lowest BCUT2D eigenvalue weighted by Crippen LogP contribution is -2.49. The van der Waals surface area contributed by atoms with Crippen molar-refractivity contribution in [2.45, 2.75) is 25.2 Å². The van der Waals surface area contributed by atoms with Crippen molar-refractivity contribution in [1.29, 1.82) is 0 Å². The van der Waals surface area contributed by atoms with Crippen LogP contribution in [0.25, 0.3) is 10.7 Å². The fourth-order valence-electron chi connectivity index (χ4n) is 4.53. The number of anilines is 2. The molecule has 33 heavy (non-hydrogen) atoms. The van der Waals surface area contributed by atoms with Gasteiger partial charge in [-0.1, -0.05) is 18.2 Å². The summed E-state index contributed by atoms with van der Waals surface area (Å²) in [5, 5.41) is 3.46. The van der Waals surface area contributed by atoms with E-state index in [9.17, 15) is 13.2 Å². The van der Waals surface area contributed by atoms with Crippen LogP contribution in [0.1, 0.15) is 25.3 Å². The van der Waals surface area contributed by atoms with Gasteiger partial charge in [-0.2, -0.15) is 4.37 Å². The standard InChI is InChI=1S/C21H23N7O3S2/c1-2-33(30,31)28-13-21(15-5-3-4-6-17(15)28)7-9-27(10-8-21)20(29)26-18-12-22-16(11-23-18)19-24-14-25-32-19/h3-6,11-12,14H,2,7-10,13H2,1H3,(H,23,26,29). The van der Waals surface area contributed by atoms with Crippen LogP contribution in [0.4, 0.5) is 16.3 Å². The Hall–Kier alpha value is -3.12. The topological polar surface area (TPSA) is 121 Å². The molecule has 0 radical (unpaired) electrons. The average Bonchev–Trinajstić information content (AvgIpc) is 3.48. The van der Waals surface area contributed by atoms with Crippen molar-refractivity contribution in [3.05, 3.63) is 48.5 Å². The maximum absolute atomic E-state index is 12.8. The summed E-state index contributed by atoms with van der Waals surface area (Å²) in [6.45, 7) is 3.14. The monoisotopic (exact) mass is 485 g/mol. The molecule has 1 aromatic carbocycles. The van der Waals surface area contributed by atoms with Crippen molar-refractivity contribution in [3.63, 3.8) is 0 Å². The first kappa shape index (κ1) is 21.7. The number of piperidine rings is 1. The molecule has 12 heteroatoms. The van der Waals surface area contributed by atoms with E-state index >= 15 is 0 Å².